The van der Waals surface area contributed by atoms with E-state index < -0.39 is 12.0 Å². The van der Waals surface area contributed by atoms with E-state index in [0.29, 0.717) is 40.8 Å². The van der Waals surface area contributed by atoms with Gasteiger partial charge in [0, 0.05) is 12.0 Å². The third-order valence-electron chi connectivity index (χ3n) is 5.58. The summed E-state index contributed by atoms with van der Waals surface area (Å²) >= 11 is 0. The first-order valence-corrected chi connectivity index (χ1v) is 10.2. The molecule has 2 aromatic rings. The number of para-hydroxylation sites is 1. The average Bonchev–Trinajstić information content (AvgIpc) is 2.75. The molecule has 1 atom stereocenters. The molecule has 2 amide bonds. The number of pyridine rings is 1. The Morgan fingerprint density at radius 1 is 1.23 bits per heavy atom. The van der Waals surface area contributed by atoms with Gasteiger partial charge in [-0.05, 0) is 63.2 Å². The van der Waals surface area contributed by atoms with E-state index in [4.69, 9.17) is 15.2 Å². The highest BCUT2D eigenvalue weighted by Gasteiger charge is 2.28. The molecule has 1 aromatic carbocycles. The minimum Gasteiger partial charge on any atom is -0.485 e. The van der Waals surface area contributed by atoms with Crippen LogP contribution >= 0.6 is 0 Å². The maximum atomic E-state index is 12.4. The quantitative estimate of drug-likeness (QED) is 0.781. The minimum absolute atomic E-state index is 0.0113. The van der Waals surface area contributed by atoms with Crippen LogP contribution in [-0.4, -0.2) is 54.5 Å². The zero-order chi connectivity index (χ0) is 21.1. The van der Waals surface area contributed by atoms with Crippen LogP contribution in [0.5, 0.6) is 11.5 Å². The molecule has 2 aliphatic rings. The van der Waals surface area contributed by atoms with E-state index in [0.717, 1.165) is 25.9 Å². The number of carbonyl (C=O) groups excluding carboxylic acids is 2. The number of carbonyl (C=O) groups is 2. The van der Waals surface area contributed by atoms with E-state index >= 15 is 0 Å². The summed E-state index contributed by atoms with van der Waals surface area (Å²) < 4.78 is 11.4. The monoisotopic (exact) mass is 410 g/mol. The van der Waals surface area contributed by atoms with Crippen LogP contribution in [0.15, 0.2) is 36.5 Å². The van der Waals surface area contributed by atoms with Crippen molar-refractivity contribution < 1.29 is 19.1 Å². The molecule has 1 aromatic heterocycles. The highest BCUT2D eigenvalue weighted by molar-refractivity contribution is 5.91. The molecule has 0 saturated carbocycles. The summed E-state index contributed by atoms with van der Waals surface area (Å²) in [4.78, 5) is 30.6. The number of benzene rings is 1. The number of nitrogens with zero attached hydrogens (tertiary/aromatic N) is 2. The van der Waals surface area contributed by atoms with E-state index in [9.17, 15) is 9.59 Å². The first kappa shape index (κ1) is 20.2. The molecule has 8 nitrogen and oxygen atoms in total. The van der Waals surface area contributed by atoms with Gasteiger partial charge in [-0.15, -0.1) is 0 Å². The second-order valence-electron chi connectivity index (χ2n) is 7.88. The van der Waals surface area contributed by atoms with Gasteiger partial charge in [-0.1, -0.05) is 6.07 Å². The Hall–Kier alpha value is -3.13. The molecule has 1 fully saturated rings. The molecular weight excluding hydrogens is 384 g/mol. The molecule has 0 unspecified atom stereocenters. The highest BCUT2D eigenvalue weighted by atomic mass is 16.6. The van der Waals surface area contributed by atoms with Crippen molar-refractivity contribution in [2.24, 2.45) is 11.7 Å². The number of piperidine rings is 1. The van der Waals surface area contributed by atoms with E-state index in [1.807, 2.05) is 18.2 Å². The number of amides is 2. The number of anilines is 1. The standard InChI is InChI=1S/C22H26N4O4/c1-26-9-7-14(8-10-26)11-20(27)25-15-5-6-17(24-12-15)16-3-2-4-18-21(16)30-19(13-29-18)22(23)28/h2-6,12,14,19H,7-11,13H2,1H3,(H2,23,28)(H,25,27)/t19-/m1/s1. The number of aromatic nitrogens is 1. The Kier molecular flexibility index (Phi) is 5.85. The summed E-state index contributed by atoms with van der Waals surface area (Å²) in [6.07, 6.45) is 3.41. The number of nitrogens with two attached hydrogens (primary N) is 1. The number of likely N-dealkylation sites (tertiary alicyclic amines) is 1. The van der Waals surface area contributed by atoms with Gasteiger partial charge in [0.15, 0.2) is 11.5 Å². The van der Waals surface area contributed by atoms with Crippen LogP contribution in [-0.2, 0) is 9.59 Å². The van der Waals surface area contributed by atoms with Gasteiger partial charge >= 0.3 is 0 Å². The summed E-state index contributed by atoms with van der Waals surface area (Å²) in [6, 6.07) is 9.06. The molecule has 2 aliphatic heterocycles. The molecule has 0 bridgehead atoms. The number of primary amides is 1. The van der Waals surface area contributed by atoms with E-state index in [1.165, 1.54) is 0 Å². The second kappa shape index (κ2) is 8.71. The summed E-state index contributed by atoms with van der Waals surface area (Å²) in [6.45, 7) is 2.16. The molecule has 0 aliphatic carbocycles. The topological polar surface area (TPSA) is 107 Å². The number of hydrogen-bond donors (Lipinski definition) is 2. The summed E-state index contributed by atoms with van der Waals surface area (Å²) in [5, 5.41) is 2.93. The maximum absolute atomic E-state index is 12.4. The first-order chi connectivity index (χ1) is 14.5. The fourth-order valence-corrected chi connectivity index (χ4v) is 3.80. The van der Waals surface area contributed by atoms with Gasteiger partial charge in [-0.2, -0.15) is 0 Å². The molecule has 0 radical (unpaired) electrons. The lowest BCUT2D eigenvalue weighted by Gasteiger charge is -2.28. The van der Waals surface area contributed by atoms with Crippen LogP contribution in [0.4, 0.5) is 5.69 Å². The van der Waals surface area contributed by atoms with Crippen LogP contribution in [0.1, 0.15) is 19.3 Å². The molecule has 1 saturated heterocycles. The minimum atomic E-state index is -0.836. The van der Waals surface area contributed by atoms with Gasteiger partial charge in [0.05, 0.1) is 17.6 Å². The van der Waals surface area contributed by atoms with Crippen molar-refractivity contribution in [1.82, 2.24) is 9.88 Å². The SMILES string of the molecule is CN1CCC(CC(=O)Nc2ccc(-c3cccc4c3O[C@@H](C(N)=O)CO4)nc2)CC1. The third kappa shape index (κ3) is 4.54. The van der Waals surface area contributed by atoms with Gasteiger partial charge in [0.1, 0.15) is 6.61 Å². The summed E-state index contributed by atoms with van der Waals surface area (Å²) in [5.74, 6) is 0.851. The van der Waals surface area contributed by atoms with Crippen molar-refractivity contribution in [2.45, 2.75) is 25.4 Å². The van der Waals surface area contributed by atoms with Crippen LogP contribution in [0, 0.1) is 5.92 Å². The predicted octanol–water partition coefficient (Wildman–Crippen LogP) is 2.04. The Bertz CT molecular complexity index is 923. The Morgan fingerprint density at radius 3 is 2.73 bits per heavy atom. The molecule has 3 N–H and O–H groups in total. The lowest BCUT2D eigenvalue weighted by atomic mass is 9.93. The van der Waals surface area contributed by atoms with Crippen LogP contribution in [0.3, 0.4) is 0 Å². The van der Waals surface area contributed by atoms with Crippen LogP contribution < -0.4 is 20.5 Å². The van der Waals surface area contributed by atoms with E-state index in [1.54, 1.807) is 18.3 Å². The first-order valence-electron chi connectivity index (χ1n) is 10.2. The fourth-order valence-electron chi connectivity index (χ4n) is 3.80. The van der Waals surface area contributed by atoms with Crippen molar-refractivity contribution >= 4 is 17.5 Å². The lowest BCUT2D eigenvalue weighted by Crippen LogP contribution is -2.41. The van der Waals surface area contributed by atoms with Crippen molar-refractivity contribution in [1.29, 1.82) is 0 Å². The predicted molar refractivity (Wildman–Crippen MR) is 112 cm³/mol. The number of rotatable bonds is 5. The Labute approximate surface area is 175 Å². The van der Waals surface area contributed by atoms with Crippen molar-refractivity contribution in [3.8, 4) is 22.8 Å². The average molecular weight is 410 g/mol. The van der Waals surface area contributed by atoms with Gasteiger partial charge in [-0.3, -0.25) is 14.6 Å². The third-order valence-corrected chi connectivity index (χ3v) is 5.58. The molecule has 0 spiro atoms. The zero-order valence-corrected chi connectivity index (χ0v) is 17.0. The van der Waals surface area contributed by atoms with E-state index in [-0.39, 0.29) is 12.5 Å². The zero-order valence-electron chi connectivity index (χ0n) is 17.0. The van der Waals surface area contributed by atoms with Crippen molar-refractivity contribution in [2.75, 3.05) is 32.1 Å². The number of fused-ring (bicyclic) bond motifs is 1. The molecule has 158 valence electrons. The Balaban J connectivity index is 1.43. The maximum Gasteiger partial charge on any atom is 0.262 e. The molecule has 3 heterocycles. The van der Waals surface area contributed by atoms with Crippen LogP contribution in [0.2, 0.25) is 0 Å². The number of ether oxygens (including phenoxy) is 2. The fraction of sp³-hybridized carbons (Fsp3) is 0.409. The number of nitrogens with one attached hydrogen (secondary N) is 1. The molecule has 30 heavy (non-hydrogen) atoms. The summed E-state index contributed by atoms with van der Waals surface area (Å²) in [7, 11) is 2.11. The summed E-state index contributed by atoms with van der Waals surface area (Å²) in [5.41, 5.74) is 7.34. The lowest BCUT2D eigenvalue weighted by molar-refractivity contribution is -0.127. The largest absolute Gasteiger partial charge is 0.485 e. The van der Waals surface area contributed by atoms with Gasteiger partial charge in [-0.25, -0.2) is 0 Å². The van der Waals surface area contributed by atoms with Crippen molar-refractivity contribution in [3.05, 3.63) is 36.5 Å². The number of hydrogen-bond acceptors (Lipinski definition) is 6. The molecule has 8 heteroatoms. The normalized spacial score (nSPS) is 19.3. The van der Waals surface area contributed by atoms with Gasteiger partial charge in [0.25, 0.3) is 5.91 Å². The molecule has 4 rings (SSSR count). The van der Waals surface area contributed by atoms with Crippen molar-refractivity contribution in [3.63, 3.8) is 0 Å². The smallest absolute Gasteiger partial charge is 0.262 e. The Morgan fingerprint density at radius 2 is 2.03 bits per heavy atom. The highest BCUT2D eigenvalue weighted by Crippen LogP contribution is 2.40. The van der Waals surface area contributed by atoms with Crippen LogP contribution in [0.25, 0.3) is 11.3 Å². The van der Waals surface area contributed by atoms with E-state index in [2.05, 4.69) is 22.2 Å². The van der Waals surface area contributed by atoms with Gasteiger partial charge < -0.3 is 25.4 Å². The molecular formula is C22H26N4O4. The van der Waals surface area contributed by atoms with Gasteiger partial charge in [0.2, 0.25) is 12.0 Å². The second-order valence-corrected chi connectivity index (χ2v) is 7.88.